The van der Waals surface area contributed by atoms with Crippen LogP contribution in [0.2, 0.25) is 0 Å². The number of nitrogens with zero attached hydrogens (tertiary/aromatic N) is 1. The van der Waals surface area contributed by atoms with Gasteiger partial charge in [0.05, 0.1) is 19.3 Å². The Labute approximate surface area is 162 Å². The summed E-state index contributed by atoms with van der Waals surface area (Å²) in [7, 11) is 1.57. The molecule has 0 fully saturated rings. The van der Waals surface area contributed by atoms with Crippen molar-refractivity contribution in [2.24, 2.45) is 0 Å². The van der Waals surface area contributed by atoms with Crippen LogP contribution in [0.25, 0.3) is 11.0 Å². The number of amides is 1. The quantitative estimate of drug-likeness (QED) is 0.649. The van der Waals surface area contributed by atoms with Crippen LogP contribution in [0, 0.1) is 6.92 Å². The molecule has 1 aromatic heterocycles. The van der Waals surface area contributed by atoms with Crippen molar-refractivity contribution in [2.45, 2.75) is 19.8 Å². The SMILES string of the molecule is COc1ccc2c(C)c(CCC(=O)N3CCOc4ccccc43)c(=O)oc2c1. The van der Waals surface area contributed by atoms with E-state index in [9.17, 15) is 9.59 Å². The topological polar surface area (TPSA) is 69.0 Å². The largest absolute Gasteiger partial charge is 0.497 e. The van der Waals surface area contributed by atoms with Gasteiger partial charge in [-0.3, -0.25) is 4.79 Å². The molecular weight excluding hydrogens is 358 g/mol. The molecule has 6 heteroatoms. The van der Waals surface area contributed by atoms with E-state index in [-0.39, 0.29) is 12.3 Å². The number of carbonyl (C=O) groups excluding carboxylic acids is 1. The summed E-state index contributed by atoms with van der Waals surface area (Å²) in [5.74, 6) is 1.30. The predicted octanol–water partition coefficient (Wildman–Crippen LogP) is 3.47. The average molecular weight is 379 g/mol. The molecule has 2 heterocycles. The molecule has 0 spiro atoms. The lowest BCUT2D eigenvalue weighted by Gasteiger charge is -2.29. The fourth-order valence-corrected chi connectivity index (χ4v) is 3.59. The molecule has 28 heavy (non-hydrogen) atoms. The van der Waals surface area contributed by atoms with Crippen molar-refractivity contribution in [1.29, 1.82) is 0 Å². The van der Waals surface area contributed by atoms with Crippen molar-refractivity contribution in [1.82, 2.24) is 0 Å². The fourth-order valence-electron chi connectivity index (χ4n) is 3.59. The van der Waals surface area contributed by atoms with Crippen LogP contribution in [0.15, 0.2) is 51.7 Å². The van der Waals surface area contributed by atoms with Gasteiger partial charge in [0.25, 0.3) is 0 Å². The highest BCUT2D eigenvalue weighted by Gasteiger charge is 2.23. The van der Waals surface area contributed by atoms with E-state index in [1.165, 1.54) is 0 Å². The van der Waals surface area contributed by atoms with E-state index in [1.54, 1.807) is 18.1 Å². The molecule has 0 N–H and O–H groups in total. The molecule has 0 unspecified atom stereocenters. The first-order valence-corrected chi connectivity index (χ1v) is 9.21. The molecule has 144 valence electrons. The second-order valence-electron chi connectivity index (χ2n) is 6.72. The molecule has 0 saturated heterocycles. The smallest absolute Gasteiger partial charge is 0.339 e. The second kappa shape index (κ2) is 7.38. The third-order valence-corrected chi connectivity index (χ3v) is 5.11. The zero-order chi connectivity index (χ0) is 19.7. The van der Waals surface area contributed by atoms with E-state index >= 15 is 0 Å². The predicted molar refractivity (Wildman–Crippen MR) is 106 cm³/mol. The normalized spacial score (nSPS) is 13.1. The van der Waals surface area contributed by atoms with Crippen LogP contribution >= 0.6 is 0 Å². The summed E-state index contributed by atoms with van der Waals surface area (Å²) >= 11 is 0. The number of rotatable bonds is 4. The summed E-state index contributed by atoms with van der Waals surface area (Å²) in [4.78, 5) is 27.0. The van der Waals surface area contributed by atoms with Gasteiger partial charge < -0.3 is 18.8 Å². The van der Waals surface area contributed by atoms with Crippen molar-refractivity contribution in [3.05, 3.63) is 64.0 Å². The second-order valence-corrected chi connectivity index (χ2v) is 6.72. The Morgan fingerprint density at radius 1 is 1.21 bits per heavy atom. The van der Waals surface area contributed by atoms with E-state index in [2.05, 4.69) is 0 Å². The Hall–Kier alpha value is -3.28. The van der Waals surface area contributed by atoms with Crippen molar-refractivity contribution in [2.75, 3.05) is 25.2 Å². The zero-order valence-electron chi connectivity index (χ0n) is 15.9. The lowest BCUT2D eigenvalue weighted by atomic mass is 10.0. The number of hydrogen-bond donors (Lipinski definition) is 0. The molecule has 0 saturated carbocycles. The minimum absolute atomic E-state index is 0.0376. The zero-order valence-corrected chi connectivity index (χ0v) is 15.9. The van der Waals surface area contributed by atoms with Gasteiger partial charge in [0, 0.05) is 23.4 Å². The van der Waals surface area contributed by atoms with E-state index < -0.39 is 5.63 Å². The lowest BCUT2D eigenvalue weighted by Crippen LogP contribution is -2.38. The van der Waals surface area contributed by atoms with E-state index in [4.69, 9.17) is 13.9 Å². The minimum atomic E-state index is -0.409. The molecule has 0 aliphatic carbocycles. The van der Waals surface area contributed by atoms with Gasteiger partial charge in [0.2, 0.25) is 5.91 Å². The number of ether oxygens (including phenoxy) is 2. The molecule has 0 atom stereocenters. The number of para-hydroxylation sites is 2. The average Bonchev–Trinajstić information content (AvgIpc) is 2.72. The molecular formula is C22H21NO5. The molecule has 1 amide bonds. The highest BCUT2D eigenvalue weighted by atomic mass is 16.5. The molecule has 4 rings (SSSR count). The summed E-state index contributed by atoms with van der Waals surface area (Å²) < 4.78 is 16.3. The third-order valence-electron chi connectivity index (χ3n) is 5.11. The number of benzene rings is 2. The van der Waals surface area contributed by atoms with Gasteiger partial charge in [-0.1, -0.05) is 12.1 Å². The minimum Gasteiger partial charge on any atom is -0.497 e. The monoisotopic (exact) mass is 379 g/mol. The van der Waals surface area contributed by atoms with Crippen molar-refractivity contribution in [3.63, 3.8) is 0 Å². The molecule has 1 aliphatic heterocycles. The Bertz CT molecular complexity index is 1100. The first-order valence-electron chi connectivity index (χ1n) is 9.21. The van der Waals surface area contributed by atoms with Gasteiger partial charge in [-0.2, -0.15) is 0 Å². The van der Waals surface area contributed by atoms with Gasteiger partial charge in [0.15, 0.2) is 0 Å². The van der Waals surface area contributed by atoms with Gasteiger partial charge in [0.1, 0.15) is 23.7 Å². The van der Waals surface area contributed by atoms with Crippen LogP contribution in [-0.4, -0.2) is 26.2 Å². The summed E-state index contributed by atoms with van der Waals surface area (Å²) in [5, 5.41) is 0.847. The number of carbonyl (C=O) groups is 1. The van der Waals surface area contributed by atoms with Gasteiger partial charge in [-0.15, -0.1) is 0 Å². The van der Waals surface area contributed by atoms with E-state index in [1.807, 2.05) is 43.3 Å². The van der Waals surface area contributed by atoms with Crippen LogP contribution in [-0.2, 0) is 11.2 Å². The van der Waals surface area contributed by atoms with Crippen molar-refractivity contribution < 1.29 is 18.7 Å². The summed E-state index contributed by atoms with van der Waals surface area (Å²) in [6.07, 6.45) is 0.552. The van der Waals surface area contributed by atoms with E-state index in [0.717, 1.165) is 16.6 Å². The van der Waals surface area contributed by atoms with Crippen LogP contribution in [0.1, 0.15) is 17.5 Å². The number of methoxy groups -OCH3 is 1. The first kappa shape index (κ1) is 18.1. The summed E-state index contributed by atoms with van der Waals surface area (Å²) in [5.41, 5.74) is 2.22. The maximum atomic E-state index is 12.8. The molecule has 0 bridgehead atoms. The highest BCUT2D eigenvalue weighted by Crippen LogP contribution is 2.31. The highest BCUT2D eigenvalue weighted by molar-refractivity contribution is 5.95. The van der Waals surface area contributed by atoms with Crippen molar-refractivity contribution in [3.8, 4) is 11.5 Å². The fraction of sp³-hybridized carbons (Fsp3) is 0.273. The van der Waals surface area contributed by atoms with E-state index in [0.29, 0.717) is 42.2 Å². The Balaban J connectivity index is 1.58. The Morgan fingerprint density at radius 3 is 2.86 bits per heavy atom. The Kier molecular flexibility index (Phi) is 4.77. The van der Waals surface area contributed by atoms with Gasteiger partial charge in [-0.25, -0.2) is 4.79 Å². The molecule has 6 nitrogen and oxygen atoms in total. The van der Waals surface area contributed by atoms with Gasteiger partial charge >= 0.3 is 5.63 Å². The molecule has 0 radical (unpaired) electrons. The van der Waals surface area contributed by atoms with Gasteiger partial charge in [-0.05, 0) is 43.2 Å². The van der Waals surface area contributed by atoms with Crippen molar-refractivity contribution >= 4 is 22.6 Å². The van der Waals surface area contributed by atoms with Crippen LogP contribution in [0.5, 0.6) is 11.5 Å². The maximum absolute atomic E-state index is 12.8. The summed E-state index contributed by atoms with van der Waals surface area (Å²) in [6, 6.07) is 12.9. The lowest BCUT2D eigenvalue weighted by molar-refractivity contribution is -0.118. The number of anilines is 1. The van der Waals surface area contributed by atoms with Crippen LogP contribution in [0.3, 0.4) is 0 Å². The number of fused-ring (bicyclic) bond motifs is 2. The van der Waals surface area contributed by atoms with Crippen LogP contribution < -0.4 is 20.0 Å². The standard InChI is InChI=1S/C22H21NO5/c1-14-16-8-7-15(26-2)13-20(16)28-22(25)17(14)9-10-21(24)23-11-12-27-19-6-4-3-5-18(19)23/h3-8,13H,9-12H2,1-2H3. The Morgan fingerprint density at radius 2 is 2.04 bits per heavy atom. The molecule has 2 aromatic carbocycles. The summed E-state index contributed by atoms with van der Waals surface area (Å²) in [6.45, 7) is 2.85. The molecule has 1 aliphatic rings. The number of hydrogen-bond acceptors (Lipinski definition) is 5. The maximum Gasteiger partial charge on any atom is 0.339 e. The number of aryl methyl sites for hydroxylation is 1. The first-order chi connectivity index (χ1) is 13.6. The third kappa shape index (κ3) is 3.22. The molecule has 3 aromatic rings. The van der Waals surface area contributed by atoms with Crippen LogP contribution in [0.4, 0.5) is 5.69 Å².